The second-order valence-electron chi connectivity index (χ2n) is 8.68. The van der Waals surface area contributed by atoms with Crippen LogP contribution in [0, 0.1) is 5.82 Å². The number of benzene rings is 2. The van der Waals surface area contributed by atoms with E-state index in [1.54, 1.807) is 30.6 Å². The summed E-state index contributed by atoms with van der Waals surface area (Å²) < 4.78 is 19.7. The molecule has 0 fully saturated rings. The van der Waals surface area contributed by atoms with Gasteiger partial charge in [0.05, 0.1) is 12.2 Å². The molecular weight excluding hydrogens is 472 g/mol. The molecule has 2 N–H and O–H groups in total. The number of ether oxygens (including phenoxy) is 1. The number of aliphatic hydroxyl groups is 2. The Bertz CT molecular complexity index is 1150. The molecule has 0 bridgehead atoms. The topological polar surface area (TPSA) is 103 Å². The summed E-state index contributed by atoms with van der Waals surface area (Å²) in [5.74, 6) is -0.997. The Hall–Kier alpha value is -2.55. The van der Waals surface area contributed by atoms with Gasteiger partial charge in [0.1, 0.15) is 18.2 Å². The minimum atomic E-state index is -1.38. The Morgan fingerprint density at radius 1 is 1.17 bits per heavy atom. The Morgan fingerprint density at radius 3 is 2.50 bits per heavy atom. The van der Waals surface area contributed by atoms with Gasteiger partial charge in [0.15, 0.2) is 0 Å². The first kappa shape index (κ1) is 29.7. The molecule has 3 rings (SSSR count). The molecule has 0 aliphatic heterocycles. The monoisotopic (exact) mass is 501 g/mol. The number of hydrogen-bond acceptors (Lipinski definition) is 6. The average Bonchev–Trinajstić information content (AvgIpc) is 2.81. The number of aliphatic carboxylic acids is 1. The predicted molar refractivity (Wildman–Crippen MR) is 130 cm³/mol. The quantitative estimate of drug-likeness (QED) is 0.378. The molecule has 2 unspecified atom stereocenters. The predicted octanol–water partition coefficient (Wildman–Crippen LogP) is 0.859. The number of aliphatic hydroxyl groups excluding tert-OH is 2. The molecule has 0 saturated heterocycles. The number of carboxylic acid groups (broad SMARTS) is 1. The first-order chi connectivity index (χ1) is 16.7. The van der Waals surface area contributed by atoms with Crippen molar-refractivity contribution in [3.63, 3.8) is 0 Å². The first-order valence-electron chi connectivity index (χ1n) is 11.4. The van der Waals surface area contributed by atoms with Crippen molar-refractivity contribution in [3.05, 3.63) is 89.5 Å². The van der Waals surface area contributed by atoms with E-state index < -0.39 is 24.6 Å². The summed E-state index contributed by atoms with van der Waals surface area (Å²) in [6.45, 7) is 4.40. The molecule has 6 nitrogen and oxygen atoms in total. The molecule has 0 aliphatic rings. The summed E-state index contributed by atoms with van der Waals surface area (Å²) >= 11 is 0. The molecule has 1 aromatic heterocycles. The van der Waals surface area contributed by atoms with E-state index in [1.165, 1.54) is 18.2 Å². The Labute approximate surface area is 232 Å². The van der Waals surface area contributed by atoms with Gasteiger partial charge >= 0.3 is 29.6 Å². The molecule has 36 heavy (non-hydrogen) atoms. The standard InChI is InChI=1S/C28H30FNO5.Na/c1-18(2)26-14-24(35-17-19-4-3-11-30-16-19)15-27(20-5-7-21(29)8-6-20)25(26)10-9-22(31)12-23(32)13-28(33)34;/h3-11,14-16,18,22-23,31-32H,12-13,17H2,1-2H3,(H,33,34);/q;+1/p-1/b10-9+;. The van der Waals surface area contributed by atoms with Crippen LogP contribution in [0.15, 0.2) is 67.0 Å². The van der Waals surface area contributed by atoms with Gasteiger partial charge in [0.25, 0.3) is 0 Å². The van der Waals surface area contributed by atoms with Gasteiger partial charge in [-0.3, -0.25) is 4.98 Å². The maximum atomic E-state index is 13.6. The van der Waals surface area contributed by atoms with Gasteiger partial charge in [-0.2, -0.15) is 0 Å². The molecule has 1 heterocycles. The van der Waals surface area contributed by atoms with Crippen LogP contribution in [0.3, 0.4) is 0 Å². The number of pyridine rings is 1. The van der Waals surface area contributed by atoms with E-state index in [0.717, 1.165) is 27.8 Å². The zero-order valence-electron chi connectivity index (χ0n) is 20.7. The van der Waals surface area contributed by atoms with Crippen molar-refractivity contribution in [1.82, 2.24) is 4.98 Å². The molecule has 0 spiro atoms. The Kier molecular flexibility index (Phi) is 11.8. The SMILES string of the molecule is CC(C)c1cc(OCc2cccnc2)cc(-c2ccc(F)cc2)c1/C=C/C(O)CC(O)CC(=O)[O-].[Na+]. The summed E-state index contributed by atoms with van der Waals surface area (Å²) in [5, 5.41) is 30.8. The smallest absolute Gasteiger partial charge is 0.550 e. The van der Waals surface area contributed by atoms with Crippen LogP contribution in [-0.2, 0) is 11.4 Å². The van der Waals surface area contributed by atoms with E-state index in [4.69, 9.17) is 4.74 Å². The second-order valence-corrected chi connectivity index (χ2v) is 8.68. The molecule has 0 saturated carbocycles. The van der Waals surface area contributed by atoms with Crippen LogP contribution in [0.1, 0.15) is 49.3 Å². The third kappa shape index (κ3) is 8.84. The van der Waals surface area contributed by atoms with Gasteiger partial charge in [-0.25, -0.2) is 4.39 Å². The molecule has 2 aromatic carbocycles. The van der Waals surface area contributed by atoms with Crippen LogP contribution in [-0.4, -0.2) is 33.4 Å². The zero-order chi connectivity index (χ0) is 25.4. The van der Waals surface area contributed by atoms with E-state index in [2.05, 4.69) is 4.98 Å². The maximum Gasteiger partial charge on any atom is 1.00 e. The summed E-state index contributed by atoms with van der Waals surface area (Å²) in [5.41, 5.74) is 4.24. The minimum absolute atomic E-state index is 0. The van der Waals surface area contributed by atoms with Gasteiger partial charge in [-0.05, 0) is 58.5 Å². The first-order valence-corrected chi connectivity index (χ1v) is 11.4. The van der Waals surface area contributed by atoms with Gasteiger partial charge in [-0.1, -0.05) is 44.2 Å². The number of carbonyl (C=O) groups is 1. The van der Waals surface area contributed by atoms with Gasteiger partial charge in [0.2, 0.25) is 0 Å². The number of hydrogen-bond donors (Lipinski definition) is 2. The van der Waals surface area contributed by atoms with Crippen molar-refractivity contribution in [1.29, 1.82) is 0 Å². The fourth-order valence-corrected chi connectivity index (χ4v) is 3.75. The van der Waals surface area contributed by atoms with Crippen molar-refractivity contribution in [3.8, 4) is 16.9 Å². The maximum absolute atomic E-state index is 13.6. The fourth-order valence-electron chi connectivity index (χ4n) is 3.75. The molecule has 0 aliphatic carbocycles. The molecule has 184 valence electrons. The third-order valence-corrected chi connectivity index (χ3v) is 5.49. The number of halogens is 1. The van der Waals surface area contributed by atoms with Crippen LogP contribution >= 0.6 is 0 Å². The van der Waals surface area contributed by atoms with Crippen LogP contribution in [0.25, 0.3) is 17.2 Å². The summed E-state index contributed by atoms with van der Waals surface area (Å²) in [6, 6.07) is 13.7. The number of carbonyl (C=O) groups excluding carboxylic acids is 1. The van der Waals surface area contributed by atoms with Gasteiger partial charge in [0, 0.05) is 36.8 Å². The molecule has 0 amide bonds. The number of nitrogens with zero attached hydrogens (tertiary/aromatic N) is 1. The molecule has 2 atom stereocenters. The van der Waals surface area contributed by atoms with Crippen molar-refractivity contribution in [2.45, 2.75) is 51.4 Å². The zero-order valence-corrected chi connectivity index (χ0v) is 22.7. The van der Waals surface area contributed by atoms with E-state index >= 15 is 0 Å². The van der Waals surface area contributed by atoms with E-state index in [-0.39, 0.29) is 47.7 Å². The normalized spacial score (nSPS) is 12.8. The average molecular weight is 502 g/mol. The van der Waals surface area contributed by atoms with Crippen molar-refractivity contribution in [2.24, 2.45) is 0 Å². The third-order valence-electron chi connectivity index (χ3n) is 5.49. The van der Waals surface area contributed by atoms with Crippen molar-refractivity contribution >= 4 is 12.0 Å². The van der Waals surface area contributed by atoms with Crippen LogP contribution in [0.2, 0.25) is 0 Å². The Balaban J connectivity index is 0.00000456. The van der Waals surface area contributed by atoms with Crippen molar-refractivity contribution in [2.75, 3.05) is 0 Å². The van der Waals surface area contributed by atoms with Gasteiger partial charge in [-0.15, -0.1) is 0 Å². The number of aromatic nitrogens is 1. The minimum Gasteiger partial charge on any atom is -0.550 e. The van der Waals surface area contributed by atoms with Crippen LogP contribution in [0.5, 0.6) is 5.75 Å². The largest absolute Gasteiger partial charge is 1.00 e. The van der Waals surface area contributed by atoms with E-state index in [9.17, 15) is 24.5 Å². The Morgan fingerprint density at radius 2 is 1.89 bits per heavy atom. The molecular formula is C28H29FNNaO5. The summed E-state index contributed by atoms with van der Waals surface area (Å²) in [6.07, 6.45) is 3.72. The van der Waals surface area contributed by atoms with Crippen LogP contribution in [0.4, 0.5) is 4.39 Å². The molecule has 0 radical (unpaired) electrons. The summed E-state index contributed by atoms with van der Waals surface area (Å²) in [4.78, 5) is 14.8. The molecule has 3 aromatic rings. The fraction of sp³-hybridized carbons (Fsp3) is 0.286. The summed E-state index contributed by atoms with van der Waals surface area (Å²) in [7, 11) is 0. The number of rotatable bonds is 11. The van der Waals surface area contributed by atoms with E-state index in [1.807, 2.05) is 38.1 Å². The van der Waals surface area contributed by atoms with Gasteiger partial charge < -0.3 is 24.9 Å². The second kappa shape index (κ2) is 14.3. The molecule has 8 heteroatoms. The van der Waals surface area contributed by atoms with Crippen molar-refractivity contribution < 1.29 is 58.8 Å². The van der Waals surface area contributed by atoms with E-state index in [0.29, 0.717) is 12.4 Å². The van der Waals surface area contributed by atoms with Crippen LogP contribution < -0.4 is 39.4 Å². The number of carboxylic acids is 1.